The molecule has 5 atom stereocenters. The summed E-state index contributed by atoms with van der Waals surface area (Å²) in [6, 6.07) is 0. The third-order valence-corrected chi connectivity index (χ3v) is 7.37. The molecule has 4 aliphatic rings. The molecule has 0 spiro atoms. The van der Waals surface area contributed by atoms with E-state index in [1.165, 1.54) is 24.0 Å². The fourth-order valence-electron chi connectivity index (χ4n) is 6.77. The molecule has 2 saturated carbocycles. The molecule has 0 unspecified atom stereocenters. The van der Waals surface area contributed by atoms with Gasteiger partial charge >= 0.3 is 0 Å². The van der Waals surface area contributed by atoms with Crippen LogP contribution >= 0.6 is 0 Å². The quantitative estimate of drug-likeness (QED) is 0.541. The van der Waals surface area contributed by atoms with Gasteiger partial charge in [0.15, 0.2) is 5.78 Å². The zero-order chi connectivity index (χ0) is 15.9. The van der Waals surface area contributed by atoms with Crippen LogP contribution in [0.5, 0.6) is 0 Å². The number of rotatable bonds is 0. The molecule has 2 heteroatoms. The summed E-state index contributed by atoms with van der Waals surface area (Å²) in [6.07, 6.45) is 5.99. The zero-order valence-corrected chi connectivity index (χ0v) is 14.1. The van der Waals surface area contributed by atoms with Gasteiger partial charge in [-0.25, -0.2) is 0 Å². The number of Topliss-reactive ketones (excluding diaryl/α,β-unsaturated/α-hetero) is 1. The number of hydrogen-bond acceptors (Lipinski definition) is 2. The van der Waals surface area contributed by atoms with Crippen LogP contribution in [-0.2, 0) is 4.79 Å². The fraction of sp³-hybridized carbons (Fsp3) is 0.750. The Morgan fingerprint density at radius 3 is 2.64 bits per heavy atom. The van der Waals surface area contributed by atoms with Gasteiger partial charge in [-0.1, -0.05) is 44.9 Å². The molecule has 0 aromatic heterocycles. The Morgan fingerprint density at radius 1 is 1.18 bits per heavy atom. The van der Waals surface area contributed by atoms with Crippen molar-refractivity contribution in [3.05, 3.63) is 23.3 Å². The first-order valence-corrected chi connectivity index (χ1v) is 8.89. The van der Waals surface area contributed by atoms with Gasteiger partial charge in [-0.05, 0) is 60.3 Å². The van der Waals surface area contributed by atoms with Gasteiger partial charge in [0.1, 0.15) is 0 Å². The maximum absolute atomic E-state index is 12.7. The summed E-state index contributed by atoms with van der Waals surface area (Å²) >= 11 is 0. The summed E-state index contributed by atoms with van der Waals surface area (Å²) in [5.41, 5.74) is 3.84. The van der Waals surface area contributed by atoms with Crippen molar-refractivity contribution in [1.82, 2.24) is 0 Å². The summed E-state index contributed by atoms with van der Waals surface area (Å²) in [5, 5.41) is 10.9. The Balaban J connectivity index is 1.87. The number of allylic oxidation sites excluding steroid dienone is 2. The van der Waals surface area contributed by atoms with Crippen molar-refractivity contribution in [3.63, 3.8) is 0 Å². The van der Waals surface area contributed by atoms with Crippen LogP contribution in [0.4, 0.5) is 0 Å². The Labute approximate surface area is 133 Å². The molecule has 4 rings (SSSR count). The molecule has 0 aromatic carbocycles. The third kappa shape index (κ3) is 1.68. The normalized spacial score (nSPS) is 46.5. The largest absolute Gasteiger partial charge is 0.392 e. The van der Waals surface area contributed by atoms with Crippen molar-refractivity contribution in [3.8, 4) is 0 Å². The van der Waals surface area contributed by atoms with Crippen molar-refractivity contribution >= 4 is 5.78 Å². The highest BCUT2D eigenvalue weighted by Gasteiger charge is 2.59. The van der Waals surface area contributed by atoms with Crippen LogP contribution in [0.1, 0.15) is 59.3 Å². The first kappa shape index (κ1) is 14.7. The lowest BCUT2D eigenvalue weighted by molar-refractivity contribution is -0.119. The predicted molar refractivity (Wildman–Crippen MR) is 87.2 cm³/mol. The van der Waals surface area contributed by atoms with E-state index in [2.05, 4.69) is 27.4 Å². The molecule has 0 aromatic rings. The van der Waals surface area contributed by atoms with Crippen molar-refractivity contribution in [2.45, 2.75) is 65.4 Å². The SMILES string of the molecule is C=C1C(=O)[C@H]2C[C@@H]1CC1=C2[C@]2(C)CCCC(C)(C)[C@H]2[C@@H](O)C1. The van der Waals surface area contributed by atoms with Gasteiger partial charge in [-0.2, -0.15) is 0 Å². The highest BCUT2D eigenvalue weighted by molar-refractivity contribution is 6.02. The molecule has 0 amide bonds. The number of fused-ring (bicyclic) bond motifs is 5. The number of aliphatic hydroxyl groups excluding tert-OH is 1. The van der Waals surface area contributed by atoms with Gasteiger partial charge in [-0.3, -0.25) is 4.79 Å². The second-order valence-corrected chi connectivity index (χ2v) is 9.10. The average Bonchev–Trinajstić information content (AvgIpc) is 2.62. The molecule has 2 fully saturated rings. The third-order valence-electron chi connectivity index (χ3n) is 7.37. The van der Waals surface area contributed by atoms with E-state index in [0.29, 0.717) is 11.7 Å². The lowest BCUT2D eigenvalue weighted by Crippen LogP contribution is -2.53. The van der Waals surface area contributed by atoms with Crippen LogP contribution in [0.15, 0.2) is 23.3 Å². The van der Waals surface area contributed by atoms with Crippen molar-refractivity contribution in [2.75, 3.05) is 0 Å². The minimum absolute atomic E-state index is 0.00463. The van der Waals surface area contributed by atoms with E-state index in [9.17, 15) is 9.90 Å². The van der Waals surface area contributed by atoms with Crippen LogP contribution in [-0.4, -0.2) is 17.0 Å². The zero-order valence-electron chi connectivity index (χ0n) is 14.1. The van der Waals surface area contributed by atoms with Gasteiger partial charge in [0.25, 0.3) is 0 Å². The molecule has 4 aliphatic carbocycles. The summed E-state index contributed by atoms with van der Waals surface area (Å²) in [6.45, 7) is 11.0. The molecule has 0 saturated heterocycles. The summed E-state index contributed by atoms with van der Waals surface area (Å²) < 4.78 is 0. The second kappa shape index (κ2) is 4.35. The van der Waals surface area contributed by atoms with E-state index in [4.69, 9.17) is 0 Å². The molecule has 0 radical (unpaired) electrons. The standard InChI is InChI=1S/C20H28O2/c1-11-12-8-13-10-15(21)18-19(2,3)6-5-7-20(18,4)16(13)14(9-12)17(11)22/h12,14-15,18,21H,1,5-10H2,2-4H3/t12-,14-,15-,18+,20-/m0/s1. The maximum Gasteiger partial charge on any atom is 0.165 e. The number of aliphatic hydroxyl groups is 1. The van der Waals surface area contributed by atoms with Crippen LogP contribution in [0.2, 0.25) is 0 Å². The first-order chi connectivity index (χ1) is 10.3. The van der Waals surface area contributed by atoms with E-state index >= 15 is 0 Å². The van der Waals surface area contributed by atoms with Crippen LogP contribution in [0.3, 0.4) is 0 Å². The summed E-state index contributed by atoms with van der Waals surface area (Å²) in [4.78, 5) is 12.7. The molecule has 2 nitrogen and oxygen atoms in total. The lowest BCUT2D eigenvalue weighted by Gasteiger charge is -2.58. The van der Waals surface area contributed by atoms with Crippen LogP contribution in [0, 0.1) is 28.6 Å². The number of carbonyl (C=O) groups is 1. The fourth-order valence-corrected chi connectivity index (χ4v) is 6.77. The monoisotopic (exact) mass is 300 g/mol. The molecule has 22 heavy (non-hydrogen) atoms. The topological polar surface area (TPSA) is 37.3 Å². The molecule has 120 valence electrons. The number of carbonyl (C=O) groups excluding carboxylic acids is 1. The van der Waals surface area contributed by atoms with E-state index < -0.39 is 0 Å². The second-order valence-electron chi connectivity index (χ2n) is 9.10. The van der Waals surface area contributed by atoms with E-state index in [1.807, 2.05) is 0 Å². The van der Waals surface area contributed by atoms with Crippen molar-refractivity contribution in [1.29, 1.82) is 0 Å². The lowest BCUT2D eigenvalue weighted by atomic mass is 9.47. The van der Waals surface area contributed by atoms with E-state index in [1.54, 1.807) is 0 Å². The summed E-state index contributed by atoms with van der Waals surface area (Å²) in [5.74, 6) is 1.01. The maximum atomic E-state index is 12.7. The predicted octanol–water partition coefficient (Wildman–Crippen LogP) is 4.05. The minimum atomic E-state index is -0.250. The van der Waals surface area contributed by atoms with Gasteiger partial charge in [0.2, 0.25) is 0 Å². The first-order valence-electron chi connectivity index (χ1n) is 8.89. The molecule has 2 bridgehead atoms. The Hall–Kier alpha value is -0.890. The Kier molecular flexibility index (Phi) is 2.90. The average molecular weight is 300 g/mol. The van der Waals surface area contributed by atoms with E-state index in [-0.39, 0.29) is 28.8 Å². The Morgan fingerprint density at radius 2 is 1.91 bits per heavy atom. The van der Waals surface area contributed by atoms with Crippen molar-refractivity contribution in [2.24, 2.45) is 28.6 Å². The van der Waals surface area contributed by atoms with E-state index in [0.717, 1.165) is 31.3 Å². The van der Waals surface area contributed by atoms with Crippen molar-refractivity contribution < 1.29 is 9.90 Å². The van der Waals surface area contributed by atoms with Gasteiger partial charge < -0.3 is 5.11 Å². The Bertz CT molecular complexity index is 597. The molecule has 1 N–H and O–H groups in total. The smallest absolute Gasteiger partial charge is 0.165 e. The highest BCUT2D eigenvalue weighted by atomic mass is 16.3. The van der Waals surface area contributed by atoms with Crippen LogP contribution in [0.25, 0.3) is 0 Å². The molecular formula is C20H28O2. The van der Waals surface area contributed by atoms with Gasteiger partial charge in [0, 0.05) is 5.92 Å². The van der Waals surface area contributed by atoms with Crippen LogP contribution < -0.4 is 0 Å². The van der Waals surface area contributed by atoms with Gasteiger partial charge in [0.05, 0.1) is 6.10 Å². The number of ketones is 1. The van der Waals surface area contributed by atoms with Gasteiger partial charge in [-0.15, -0.1) is 0 Å². The molecular weight excluding hydrogens is 272 g/mol. The minimum Gasteiger partial charge on any atom is -0.392 e. The molecule has 0 aliphatic heterocycles. The molecule has 0 heterocycles. The summed E-state index contributed by atoms with van der Waals surface area (Å²) in [7, 11) is 0. The highest BCUT2D eigenvalue weighted by Crippen LogP contribution is 2.64. The number of hydrogen-bond donors (Lipinski definition) is 1.